The number of alkyl halides is 3. The van der Waals surface area contributed by atoms with Gasteiger partial charge >= 0.3 is 12.1 Å². The van der Waals surface area contributed by atoms with Gasteiger partial charge in [0, 0.05) is 11.8 Å². The second kappa shape index (κ2) is 6.46. The first kappa shape index (κ1) is 17.7. The van der Waals surface area contributed by atoms with Crippen molar-refractivity contribution < 1.29 is 31.9 Å². The van der Waals surface area contributed by atoms with Crippen LogP contribution >= 0.6 is 0 Å². The molecule has 0 fully saturated rings. The Morgan fingerprint density at radius 1 is 1.21 bits per heavy atom. The summed E-state index contributed by atoms with van der Waals surface area (Å²) in [6, 6.07) is 3.32. The summed E-state index contributed by atoms with van der Waals surface area (Å²) in [6.07, 6.45) is -3.58. The average Bonchev–Trinajstić information content (AvgIpc) is 2.87. The third kappa shape index (κ3) is 3.32. The number of hydrogen-bond donors (Lipinski definition) is 0. The van der Waals surface area contributed by atoms with Crippen molar-refractivity contribution in [2.45, 2.75) is 20.0 Å². The van der Waals surface area contributed by atoms with Gasteiger partial charge in [-0.2, -0.15) is 13.2 Å². The smallest absolute Gasteiger partial charge is 0.419 e. The minimum absolute atomic E-state index is 0.0536. The number of nitrogens with zero attached hydrogens (tertiary/aromatic N) is 1. The van der Waals surface area contributed by atoms with E-state index in [2.05, 4.69) is 0 Å². The van der Waals surface area contributed by atoms with Crippen LogP contribution in [-0.4, -0.2) is 23.1 Å². The first-order valence-electron chi connectivity index (χ1n) is 6.93. The molecule has 2 aromatic rings. The molecule has 4 nitrogen and oxygen atoms in total. The summed E-state index contributed by atoms with van der Waals surface area (Å²) in [6.45, 7) is 3.25. The summed E-state index contributed by atoms with van der Waals surface area (Å²) >= 11 is 0. The van der Waals surface area contributed by atoms with Crippen molar-refractivity contribution in [3.05, 3.63) is 58.7 Å². The Balaban J connectivity index is 2.44. The Bertz CT molecular complexity index is 793. The molecule has 0 amide bonds. The van der Waals surface area contributed by atoms with Gasteiger partial charge in [-0.1, -0.05) is 0 Å². The van der Waals surface area contributed by atoms with E-state index in [9.17, 15) is 27.2 Å². The SMILES string of the molecule is CCOC(=O)c1c(C)ccn1C(=O)c1ccc(C(F)(F)F)c(F)c1. The molecule has 0 saturated carbocycles. The molecule has 0 atom stereocenters. The molecular weight excluding hydrogens is 330 g/mol. The molecule has 0 aliphatic rings. The molecule has 0 radical (unpaired) electrons. The van der Waals surface area contributed by atoms with Gasteiger partial charge in [0.1, 0.15) is 11.5 Å². The number of aryl methyl sites for hydroxylation is 1. The summed E-state index contributed by atoms with van der Waals surface area (Å²) in [5, 5.41) is 0. The first-order valence-corrected chi connectivity index (χ1v) is 6.93. The molecule has 2 rings (SSSR count). The zero-order chi connectivity index (χ0) is 18.1. The van der Waals surface area contributed by atoms with E-state index in [1.165, 1.54) is 12.3 Å². The van der Waals surface area contributed by atoms with E-state index in [0.717, 1.165) is 10.6 Å². The second-order valence-corrected chi connectivity index (χ2v) is 4.94. The number of halogens is 4. The van der Waals surface area contributed by atoms with E-state index in [-0.39, 0.29) is 17.9 Å². The van der Waals surface area contributed by atoms with Gasteiger partial charge in [-0.15, -0.1) is 0 Å². The lowest BCUT2D eigenvalue weighted by atomic mass is 10.1. The predicted molar refractivity (Wildman–Crippen MR) is 76.3 cm³/mol. The fourth-order valence-corrected chi connectivity index (χ4v) is 2.17. The Morgan fingerprint density at radius 3 is 2.42 bits per heavy atom. The highest BCUT2D eigenvalue weighted by Crippen LogP contribution is 2.31. The topological polar surface area (TPSA) is 48.3 Å². The predicted octanol–water partition coefficient (Wildman–Crippen LogP) is 3.82. The van der Waals surface area contributed by atoms with E-state index in [4.69, 9.17) is 4.74 Å². The van der Waals surface area contributed by atoms with Crippen LogP contribution in [0.2, 0.25) is 0 Å². The van der Waals surface area contributed by atoms with Crippen molar-refractivity contribution in [2.75, 3.05) is 6.61 Å². The Hall–Kier alpha value is -2.64. The quantitative estimate of drug-likeness (QED) is 0.629. The maximum Gasteiger partial charge on any atom is 0.419 e. The lowest BCUT2D eigenvalue weighted by molar-refractivity contribution is -0.140. The number of hydrogen-bond acceptors (Lipinski definition) is 3. The summed E-state index contributed by atoms with van der Waals surface area (Å²) in [4.78, 5) is 24.3. The largest absolute Gasteiger partial charge is 0.461 e. The molecule has 0 unspecified atom stereocenters. The fraction of sp³-hybridized carbons (Fsp3) is 0.250. The second-order valence-electron chi connectivity index (χ2n) is 4.94. The van der Waals surface area contributed by atoms with Crippen LogP contribution in [0, 0.1) is 12.7 Å². The Labute approximate surface area is 134 Å². The lowest BCUT2D eigenvalue weighted by Gasteiger charge is -2.11. The number of benzene rings is 1. The molecule has 0 bridgehead atoms. The van der Waals surface area contributed by atoms with Gasteiger partial charge < -0.3 is 4.74 Å². The van der Waals surface area contributed by atoms with Gasteiger partial charge in [0.15, 0.2) is 0 Å². The first-order chi connectivity index (χ1) is 11.2. The number of rotatable bonds is 3. The molecule has 1 aromatic heterocycles. The monoisotopic (exact) mass is 343 g/mol. The number of carbonyl (C=O) groups is 2. The fourth-order valence-electron chi connectivity index (χ4n) is 2.17. The highest BCUT2D eigenvalue weighted by molar-refractivity contribution is 6.02. The van der Waals surface area contributed by atoms with E-state index in [1.807, 2.05) is 0 Å². The summed E-state index contributed by atoms with van der Waals surface area (Å²) in [5.74, 6) is -3.14. The van der Waals surface area contributed by atoms with Crippen LogP contribution in [0.3, 0.4) is 0 Å². The Kier molecular flexibility index (Phi) is 4.77. The molecule has 24 heavy (non-hydrogen) atoms. The van der Waals surface area contributed by atoms with Crippen molar-refractivity contribution in [3.8, 4) is 0 Å². The van der Waals surface area contributed by atoms with Crippen LogP contribution in [-0.2, 0) is 10.9 Å². The van der Waals surface area contributed by atoms with Gasteiger partial charge in [-0.05, 0) is 43.7 Å². The van der Waals surface area contributed by atoms with Gasteiger partial charge in [0.2, 0.25) is 0 Å². The Morgan fingerprint density at radius 2 is 1.88 bits per heavy atom. The summed E-state index contributed by atoms with van der Waals surface area (Å²) in [7, 11) is 0. The summed E-state index contributed by atoms with van der Waals surface area (Å²) in [5.41, 5.74) is -1.38. The summed E-state index contributed by atoms with van der Waals surface area (Å²) < 4.78 is 57.1. The number of aromatic nitrogens is 1. The van der Waals surface area contributed by atoms with Gasteiger partial charge in [0.05, 0.1) is 12.2 Å². The number of carbonyl (C=O) groups excluding carboxylic acids is 2. The third-order valence-electron chi connectivity index (χ3n) is 3.30. The maximum atomic E-state index is 13.6. The zero-order valence-corrected chi connectivity index (χ0v) is 12.8. The molecule has 0 spiro atoms. The molecule has 1 aromatic carbocycles. The van der Waals surface area contributed by atoms with Crippen LogP contribution in [0.5, 0.6) is 0 Å². The minimum atomic E-state index is -4.86. The molecule has 128 valence electrons. The van der Waals surface area contributed by atoms with Gasteiger partial charge in [-0.3, -0.25) is 9.36 Å². The minimum Gasteiger partial charge on any atom is -0.461 e. The molecular formula is C16H13F4NO3. The lowest BCUT2D eigenvalue weighted by Crippen LogP contribution is -2.20. The van der Waals surface area contributed by atoms with Crippen LogP contribution in [0.15, 0.2) is 30.5 Å². The zero-order valence-electron chi connectivity index (χ0n) is 12.8. The normalized spacial score (nSPS) is 11.4. The van der Waals surface area contributed by atoms with Crippen LogP contribution in [0.1, 0.15) is 38.9 Å². The molecule has 0 N–H and O–H groups in total. The van der Waals surface area contributed by atoms with E-state index in [0.29, 0.717) is 17.7 Å². The third-order valence-corrected chi connectivity index (χ3v) is 3.30. The van der Waals surface area contributed by atoms with Crippen LogP contribution < -0.4 is 0 Å². The maximum absolute atomic E-state index is 13.6. The molecule has 0 aliphatic carbocycles. The number of esters is 1. The van der Waals surface area contributed by atoms with Crippen LogP contribution in [0.4, 0.5) is 17.6 Å². The standard InChI is InChI=1S/C16H13F4NO3/c1-3-24-15(23)13-9(2)6-7-21(13)14(22)10-4-5-11(12(17)8-10)16(18,19)20/h4-8H,3H2,1-2H3. The highest BCUT2D eigenvalue weighted by Gasteiger charge is 2.34. The highest BCUT2D eigenvalue weighted by atomic mass is 19.4. The van der Waals surface area contributed by atoms with Crippen molar-refractivity contribution in [1.29, 1.82) is 0 Å². The van der Waals surface area contributed by atoms with Crippen LogP contribution in [0.25, 0.3) is 0 Å². The van der Waals surface area contributed by atoms with Gasteiger partial charge in [0.25, 0.3) is 5.91 Å². The van der Waals surface area contributed by atoms with E-state index >= 15 is 0 Å². The van der Waals surface area contributed by atoms with Crippen molar-refractivity contribution >= 4 is 11.9 Å². The van der Waals surface area contributed by atoms with Crippen molar-refractivity contribution in [3.63, 3.8) is 0 Å². The van der Waals surface area contributed by atoms with Gasteiger partial charge in [-0.25, -0.2) is 9.18 Å². The average molecular weight is 343 g/mol. The molecule has 8 heteroatoms. The molecule has 0 saturated heterocycles. The molecule has 1 heterocycles. The van der Waals surface area contributed by atoms with Crippen molar-refractivity contribution in [2.24, 2.45) is 0 Å². The number of ether oxygens (including phenoxy) is 1. The van der Waals surface area contributed by atoms with E-state index in [1.54, 1.807) is 13.8 Å². The molecule has 0 aliphatic heterocycles. The van der Waals surface area contributed by atoms with E-state index < -0.39 is 29.4 Å². The van der Waals surface area contributed by atoms with Crippen molar-refractivity contribution in [1.82, 2.24) is 4.57 Å².